The minimum atomic E-state index is -0.476. The van der Waals surface area contributed by atoms with Crippen LogP contribution < -0.4 is 9.47 Å². The van der Waals surface area contributed by atoms with Crippen LogP contribution in [-0.2, 0) is 9.53 Å². The molecule has 0 aliphatic carbocycles. The second-order valence-corrected chi connectivity index (χ2v) is 7.66. The van der Waals surface area contributed by atoms with Crippen LogP contribution >= 0.6 is 15.9 Å². The number of aliphatic imine (C=N–C) groups is 1. The summed E-state index contributed by atoms with van der Waals surface area (Å²) in [5, 5.41) is 0. The molecule has 0 saturated carbocycles. The zero-order valence-corrected chi connectivity index (χ0v) is 18.6. The molecule has 2 aromatic rings. The van der Waals surface area contributed by atoms with Crippen LogP contribution in [0.4, 0.5) is 0 Å². The monoisotopic (exact) mass is 457 g/mol. The molecule has 0 spiro atoms. The van der Waals surface area contributed by atoms with E-state index in [0.29, 0.717) is 36.5 Å². The summed E-state index contributed by atoms with van der Waals surface area (Å²) < 4.78 is 17.5. The molecule has 0 unspecified atom stereocenters. The van der Waals surface area contributed by atoms with Gasteiger partial charge in [0.15, 0.2) is 17.2 Å². The van der Waals surface area contributed by atoms with Crippen molar-refractivity contribution in [1.82, 2.24) is 0 Å². The number of nitrogens with zero attached hydrogens (tertiary/aromatic N) is 1. The smallest absolute Gasteiger partial charge is 0.363 e. The standard InChI is InChI=1S/C23H24BrNO4/c1-5-27-20-13-15(11-18(24)21(20)28-6-2)12-19-23(26)29-22(25-19)17-9-7-16(8-10-17)14(3)4/h7-14H,5-6H2,1-4H3/b19-12-. The highest BCUT2D eigenvalue weighted by Crippen LogP contribution is 2.37. The summed E-state index contributed by atoms with van der Waals surface area (Å²) in [5.41, 5.74) is 2.99. The van der Waals surface area contributed by atoms with E-state index in [4.69, 9.17) is 14.2 Å². The average Bonchev–Trinajstić information content (AvgIpc) is 3.05. The molecule has 6 heteroatoms. The highest BCUT2D eigenvalue weighted by Gasteiger charge is 2.24. The first-order valence-corrected chi connectivity index (χ1v) is 10.4. The lowest BCUT2D eigenvalue weighted by atomic mass is 10.0. The maximum absolute atomic E-state index is 12.3. The third kappa shape index (κ3) is 4.88. The molecule has 152 valence electrons. The fourth-order valence-corrected chi connectivity index (χ4v) is 3.49. The van der Waals surface area contributed by atoms with Gasteiger partial charge in [0, 0.05) is 5.56 Å². The van der Waals surface area contributed by atoms with Gasteiger partial charge in [0.05, 0.1) is 17.7 Å². The fraction of sp³-hybridized carbons (Fsp3) is 0.304. The van der Waals surface area contributed by atoms with Crippen molar-refractivity contribution in [2.45, 2.75) is 33.6 Å². The zero-order valence-electron chi connectivity index (χ0n) is 17.0. The summed E-state index contributed by atoms with van der Waals surface area (Å²) in [6.45, 7) is 9.11. The van der Waals surface area contributed by atoms with Crippen LogP contribution in [0.3, 0.4) is 0 Å². The van der Waals surface area contributed by atoms with Gasteiger partial charge in [-0.1, -0.05) is 26.0 Å². The summed E-state index contributed by atoms with van der Waals surface area (Å²) in [4.78, 5) is 16.7. The molecule has 3 rings (SSSR count). The second-order valence-electron chi connectivity index (χ2n) is 6.81. The molecular formula is C23H24BrNO4. The molecule has 0 saturated heterocycles. The van der Waals surface area contributed by atoms with Gasteiger partial charge in [-0.15, -0.1) is 0 Å². The van der Waals surface area contributed by atoms with Crippen LogP contribution in [0.5, 0.6) is 11.5 Å². The van der Waals surface area contributed by atoms with Crippen molar-refractivity contribution in [2.75, 3.05) is 13.2 Å². The van der Waals surface area contributed by atoms with E-state index in [2.05, 4.69) is 34.8 Å². The third-order valence-electron chi connectivity index (χ3n) is 4.37. The number of halogens is 1. The molecule has 1 aliphatic rings. The van der Waals surface area contributed by atoms with Gasteiger partial charge in [0.25, 0.3) is 0 Å². The van der Waals surface area contributed by atoms with Crippen LogP contribution in [0.15, 0.2) is 51.6 Å². The van der Waals surface area contributed by atoms with E-state index in [0.717, 1.165) is 15.6 Å². The minimum absolute atomic E-state index is 0.242. The molecule has 5 nitrogen and oxygen atoms in total. The molecule has 1 heterocycles. The van der Waals surface area contributed by atoms with E-state index in [1.165, 1.54) is 5.56 Å². The Balaban J connectivity index is 1.92. The van der Waals surface area contributed by atoms with E-state index < -0.39 is 5.97 Å². The molecule has 0 amide bonds. The average molecular weight is 458 g/mol. The van der Waals surface area contributed by atoms with Crippen LogP contribution in [0.2, 0.25) is 0 Å². The predicted molar refractivity (Wildman–Crippen MR) is 118 cm³/mol. The zero-order chi connectivity index (χ0) is 21.0. The Kier molecular flexibility index (Phi) is 6.75. The van der Waals surface area contributed by atoms with Gasteiger partial charge in [-0.2, -0.15) is 0 Å². The Morgan fingerprint density at radius 3 is 2.41 bits per heavy atom. The van der Waals surface area contributed by atoms with Crippen molar-refractivity contribution < 1.29 is 19.0 Å². The maximum atomic E-state index is 12.3. The molecular weight excluding hydrogens is 434 g/mol. The Morgan fingerprint density at radius 1 is 1.10 bits per heavy atom. The molecule has 0 N–H and O–H groups in total. The predicted octanol–water partition coefficient (Wildman–Crippen LogP) is 5.71. The molecule has 0 atom stereocenters. The lowest BCUT2D eigenvalue weighted by Crippen LogP contribution is -2.05. The Hall–Kier alpha value is -2.60. The highest BCUT2D eigenvalue weighted by atomic mass is 79.9. The van der Waals surface area contributed by atoms with Crippen LogP contribution in [0.1, 0.15) is 50.3 Å². The minimum Gasteiger partial charge on any atom is -0.490 e. The summed E-state index contributed by atoms with van der Waals surface area (Å²) in [7, 11) is 0. The summed E-state index contributed by atoms with van der Waals surface area (Å²) in [6, 6.07) is 11.6. The van der Waals surface area contributed by atoms with Gasteiger partial charge in [-0.25, -0.2) is 9.79 Å². The van der Waals surface area contributed by atoms with Gasteiger partial charge >= 0.3 is 5.97 Å². The van der Waals surface area contributed by atoms with E-state index >= 15 is 0 Å². The van der Waals surface area contributed by atoms with E-state index in [9.17, 15) is 4.79 Å². The number of ether oxygens (including phenoxy) is 3. The molecule has 0 aromatic heterocycles. The van der Waals surface area contributed by atoms with Crippen LogP contribution in [0.25, 0.3) is 6.08 Å². The van der Waals surface area contributed by atoms with Gasteiger partial charge < -0.3 is 14.2 Å². The molecule has 29 heavy (non-hydrogen) atoms. The van der Waals surface area contributed by atoms with Gasteiger partial charge in [0.2, 0.25) is 5.90 Å². The SMILES string of the molecule is CCOc1cc(/C=C2\N=C(c3ccc(C(C)C)cc3)OC2=O)cc(Br)c1OCC. The van der Waals surface area contributed by atoms with E-state index in [1.54, 1.807) is 6.08 Å². The van der Waals surface area contributed by atoms with E-state index in [1.807, 2.05) is 50.2 Å². The molecule has 0 bridgehead atoms. The Bertz CT molecular complexity index is 962. The lowest BCUT2D eigenvalue weighted by Gasteiger charge is -2.13. The number of cyclic esters (lactones) is 1. The van der Waals surface area contributed by atoms with Gasteiger partial charge in [-0.3, -0.25) is 0 Å². The molecule has 0 radical (unpaired) electrons. The lowest BCUT2D eigenvalue weighted by molar-refractivity contribution is -0.129. The molecule has 1 aliphatic heterocycles. The normalized spacial score (nSPS) is 14.9. The number of carbonyl (C=O) groups is 1. The van der Waals surface area contributed by atoms with Crippen molar-refractivity contribution in [3.05, 3.63) is 63.3 Å². The fourth-order valence-electron chi connectivity index (χ4n) is 2.92. The number of hydrogen-bond acceptors (Lipinski definition) is 5. The molecule has 2 aromatic carbocycles. The van der Waals surface area contributed by atoms with Crippen LogP contribution in [-0.4, -0.2) is 25.1 Å². The van der Waals surface area contributed by atoms with Crippen molar-refractivity contribution in [3.63, 3.8) is 0 Å². The maximum Gasteiger partial charge on any atom is 0.363 e. The van der Waals surface area contributed by atoms with Gasteiger partial charge in [-0.05, 0) is 77.2 Å². The molecule has 0 fully saturated rings. The van der Waals surface area contributed by atoms with Crippen molar-refractivity contribution in [1.29, 1.82) is 0 Å². The first-order chi connectivity index (χ1) is 13.9. The summed E-state index contributed by atoms with van der Waals surface area (Å²) >= 11 is 3.51. The topological polar surface area (TPSA) is 57.1 Å². The van der Waals surface area contributed by atoms with Crippen molar-refractivity contribution in [2.24, 2.45) is 4.99 Å². The number of carbonyl (C=O) groups excluding carboxylic acids is 1. The number of esters is 1. The quantitative estimate of drug-likeness (QED) is 0.394. The third-order valence-corrected chi connectivity index (χ3v) is 4.96. The number of rotatable bonds is 7. The summed E-state index contributed by atoms with van der Waals surface area (Å²) in [6.07, 6.45) is 1.68. The highest BCUT2D eigenvalue weighted by molar-refractivity contribution is 9.10. The largest absolute Gasteiger partial charge is 0.490 e. The number of hydrogen-bond donors (Lipinski definition) is 0. The number of benzene rings is 2. The van der Waals surface area contributed by atoms with E-state index in [-0.39, 0.29) is 5.70 Å². The Labute approximate surface area is 179 Å². The van der Waals surface area contributed by atoms with Gasteiger partial charge in [0.1, 0.15) is 0 Å². The van der Waals surface area contributed by atoms with Crippen molar-refractivity contribution >= 4 is 33.9 Å². The summed E-state index contributed by atoms with van der Waals surface area (Å²) in [5.74, 6) is 1.52. The first kappa shape index (κ1) is 21.1. The van der Waals surface area contributed by atoms with Crippen LogP contribution in [0, 0.1) is 0 Å². The Morgan fingerprint density at radius 2 is 1.79 bits per heavy atom. The second kappa shape index (κ2) is 9.27. The van der Waals surface area contributed by atoms with Crippen molar-refractivity contribution in [3.8, 4) is 11.5 Å². The first-order valence-electron chi connectivity index (χ1n) is 9.65.